The van der Waals surface area contributed by atoms with Gasteiger partial charge in [-0.05, 0) is 38.0 Å². The third kappa shape index (κ3) is 4.04. The van der Waals surface area contributed by atoms with Gasteiger partial charge in [-0.1, -0.05) is 12.1 Å². The number of esters is 1. The summed E-state index contributed by atoms with van der Waals surface area (Å²) in [5.41, 5.74) is 3.31. The largest absolute Gasteiger partial charge is 0.462 e. The van der Waals surface area contributed by atoms with Crippen molar-refractivity contribution in [2.75, 3.05) is 25.6 Å². The number of nitrogens with one attached hydrogen (secondary N) is 1. The Morgan fingerprint density at radius 3 is 2.72 bits per heavy atom. The van der Waals surface area contributed by atoms with E-state index in [2.05, 4.69) is 5.32 Å². The number of carbonyl (C=O) groups excluding carboxylic acids is 1. The lowest BCUT2D eigenvalue weighted by Gasteiger charge is -2.17. The van der Waals surface area contributed by atoms with Gasteiger partial charge in [-0.25, -0.2) is 4.79 Å². The van der Waals surface area contributed by atoms with Gasteiger partial charge in [-0.3, -0.25) is 0 Å². The lowest BCUT2D eigenvalue weighted by atomic mass is 10.1. The summed E-state index contributed by atoms with van der Waals surface area (Å²) in [7, 11) is 1.58. The van der Waals surface area contributed by atoms with Crippen molar-refractivity contribution in [3.8, 4) is 0 Å². The number of anilines is 1. The summed E-state index contributed by atoms with van der Waals surface area (Å²) < 4.78 is 9.89. The first-order valence-corrected chi connectivity index (χ1v) is 6.04. The van der Waals surface area contributed by atoms with Gasteiger partial charge in [0.1, 0.15) is 12.6 Å². The molecule has 18 heavy (non-hydrogen) atoms. The molecule has 0 saturated heterocycles. The van der Waals surface area contributed by atoms with Gasteiger partial charge >= 0.3 is 5.97 Å². The van der Waals surface area contributed by atoms with E-state index in [4.69, 9.17) is 9.47 Å². The van der Waals surface area contributed by atoms with E-state index in [0.717, 1.165) is 11.3 Å². The van der Waals surface area contributed by atoms with Crippen LogP contribution >= 0.6 is 0 Å². The van der Waals surface area contributed by atoms with Crippen LogP contribution in [0.1, 0.15) is 18.1 Å². The van der Waals surface area contributed by atoms with Gasteiger partial charge in [0.2, 0.25) is 0 Å². The maximum atomic E-state index is 11.7. The summed E-state index contributed by atoms with van der Waals surface area (Å²) in [5, 5.41) is 3.16. The number of aryl methyl sites for hydroxylation is 1. The van der Waals surface area contributed by atoms with Crippen LogP contribution in [0.25, 0.3) is 0 Å². The molecule has 0 aliphatic rings. The van der Waals surface area contributed by atoms with Crippen molar-refractivity contribution in [2.45, 2.75) is 26.8 Å². The normalized spacial score (nSPS) is 12.0. The molecule has 0 radical (unpaired) electrons. The van der Waals surface area contributed by atoms with Crippen molar-refractivity contribution in [1.82, 2.24) is 0 Å². The van der Waals surface area contributed by atoms with Crippen molar-refractivity contribution < 1.29 is 14.3 Å². The average Bonchev–Trinajstić information content (AvgIpc) is 2.35. The Kier molecular flexibility index (Phi) is 5.65. The predicted molar refractivity (Wildman–Crippen MR) is 71.8 cm³/mol. The molecule has 1 N–H and O–H groups in total. The molecular formula is C14H21NO3. The molecule has 0 amide bonds. The van der Waals surface area contributed by atoms with Crippen LogP contribution in [-0.4, -0.2) is 32.3 Å². The van der Waals surface area contributed by atoms with Crippen LogP contribution in [0.4, 0.5) is 5.69 Å². The minimum absolute atomic E-state index is 0.270. The molecule has 1 rings (SSSR count). The molecule has 0 unspecified atom stereocenters. The Hall–Kier alpha value is -1.55. The minimum atomic E-state index is -0.373. The fraction of sp³-hybridized carbons (Fsp3) is 0.500. The quantitative estimate of drug-likeness (QED) is 0.622. The number of rotatable bonds is 6. The maximum Gasteiger partial charge on any atom is 0.328 e. The van der Waals surface area contributed by atoms with Gasteiger partial charge in [0.15, 0.2) is 0 Å². The second kappa shape index (κ2) is 7.01. The third-order valence-electron chi connectivity index (χ3n) is 2.86. The lowest BCUT2D eigenvalue weighted by molar-refractivity contribution is -0.145. The van der Waals surface area contributed by atoms with E-state index >= 15 is 0 Å². The van der Waals surface area contributed by atoms with E-state index < -0.39 is 0 Å². The first kappa shape index (κ1) is 14.5. The van der Waals surface area contributed by atoms with Crippen molar-refractivity contribution >= 4 is 11.7 Å². The molecule has 0 fully saturated rings. The van der Waals surface area contributed by atoms with Crippen molar-refractivity contribution in [2.24, 2.45) is 0 Å². The Labute approximate surface area is 108 Å². The summed E-state index contributed by atoms with van der Waals surface area (Å²) in [6.07, 6.45) is 0. The van der Waals surface area contributed by atoms with E-state index in [-0.39, 0.29) is 18.6 Å². The second-order valence-electron chi connectivity index (χ2n) is 4.27. The van der Waals surface area contributed by atoms with Crippen molar-refractivity contribution in [3.05, 3.63) is 29.3 Å². The molecule has 1 aromatic carbocycles. The molecule has 0 saturated carbocycles. The molecular weight excluding hydrogens is 230 g/mol. The third-order valence-corrected chi connectivity index (χ3v) is 2.86. The smallest absolute Gasteiger partial charge is 0.328 e. The highest BCUT2D eigenvalue weighted by Gasteiger charge is 2.15. The molecule has 0 aromatic heterocycles. The summed E-state index contributed by atoms with van der Waals surface area (Å²) in [5.74, 6) is -0.270. The molecule has 0 heterocycles. The number of hydrogen-bond acceptors (Lipinski definition) is 4. The Morgan fingerprint density at radius 2 is 2.06 bits per heavy atom. The van der Waals surface area contributed by atoms with Crippen molar-refractivity contribution in [3.63, 3.8) is 0 Å². The van der Waals surface area contributed by atoms with Crippen LogP contribution in [-0.2, 0) is 14.3 Å². The molecule has 100 valence electrons. The fourth-order valence-electron chi connectivity index (χ4n) is 1.55. The Morgan fingerprint density at radius 1 is 1.33 bits per heavy atom. The van der Waals surface area contributed by atoms with Gasteiger partial charge in [0, 0.05) is 12.8 Å². The van der Waals surface area contributed by atoms with Crippen LogP contribution in [0.2, 0.25) is 0 Å². The first-order valence-electron chi connectivity index (χ1n) is 6.04. The molecule has 1 atom stereocenters. The monoisotopic (exact) mass is 251 g/mol. The average molecular weight is 251 g/mol. The molecule has 0 spiro atoms. The standard InChI is InChI=1S/C14H21NO3/c1-10-6-5-7-13(11(10)2)15-12(3)14(16)18-9-8-17-4/h5-7,12,15H,8-9H2,1-4H3/t12-/m0/s1. The second-order valence-corrected chi connectivity index (χ2v) is 4.27. The Balaban J connectivity index is 2.56. The highest BCUT2D eigenvalue weighted by molar-refractivity contribution is 5.79. The number of carbonyl (C=O) groups is 1. The van der Waals surface area contributed by atoms with Crippen LogP contribution in [0, 0.1) is 13.8 Å². The van der Waals surface area contributed by atoms with Gasteiger partial charge in [0.05, 0.1) is 6.61 Å². The van der Waals surface area contributed by atoms with E-state index in [0.29, 0.717) is 6.61 Å². The number of benzene rings is 1. The zero-order valence-electron chi connectivity index (χ0n) is 11.4. The highest BCUT2D eigenvalue weighted by Crippen LogP contribution is 2.18. The highest BCUT2D eigenvalue weighted by atomic mass is 16.6. The topological polar surface area (TPSA) is 47.6 Å². The number of methoxy groups -OCH3 is 1. The van der Waals surface area contributed by atoms with Crippen LogP contribution < -0.4 is 5.32 Å². The SMILES string of the molecule is COCCOC(=O)[C@H](C)Nc1cccc(C)c1C. The van der Waals surface area contributed by atoms with E-state index in [1.165, 1.54) is 5.56 Å². The molecule has 0 bridgehead atoms. The molecule has 0 aliphatic carbocycles. The molecule has 4 nitrogen and oxygen atoms in total. The summed E-state index contributed by atoms with van der Waals surface area (Å²) in [4.78, 5) is 11.7. The maximum absolute atomic E-state index is 11.7. The van der Waals surface area contributed by atoms with Gasteiger partial charge in [-0.15, -0.1) is 0 Å². The van der Waals surface area contributed by atoms with Gasteiger partial charge in [-0.2, -0.15) is 0 Å². The van der Waals surface area contributed by atoms with Gasteiger partial charge < -0.3 is 14.8 Å². The first-order chi connectivity index (χ1) is 8.56. The molecule has 0 aliphatic heterocycles. The molecule has 4 heteroatoms. The van der Waals surface area contributed by atoms with E-state index in [1.807, 2.05) is 32.0 Å². The van der Waals surface area contributed by atoms with Crippen molar-refractivity contribution in [1.29, 1.82) is 0 Å². The zero-order valence-corrected chi connectivity index (χ0v) is 11.4. The zero-order chi connectivity index (χ0) is 13.5. The van der Waals surface area contributed by atoms with Crippen LogP contribution in [0.3, 0.4) is 0 Å². The Bertz CT molecular complexity index is 404. The number of ether oxygens (including phenoxy) is 2. The fourth-order valence-corrected chi connectivity index (χ4v) is 1.55. The van der Waals surface area contributed by atoms with E-state index in [1.54, 1.807) is 14.0 Å². The molecule has 1 aromatic rings. The minimum Gasteiger partial charge on any atom is -0.462 e. The predicted octanol–water partition coefficient (Wildman–Crippen LogP) is 2.29. The van der Waals surface area contributed by atoms with Crippen LogP contribution in [0.5, 0.6) is 0 Å². The number of hydrogen-bond donors (Lipinski definition) is 1. The van der Waals surface area contributed by atoms with Gasteiger partial charge in [0.25, 0.3) is 0 Å². The summed E-state index contributed by atoms with van der Waals surface area (Å²) in [6.45, 7) is 6.57. The van der Waals surface area contributed by atoms with Crippen LogP contribution in [0.15, 0.2) is 18.2 Å². The summed E-state index contributed by atoms with van der Waals surface area (Å²) in [6, 6.07) is 5.60. The van der Waals surface area contributed by atoms with E-state index in [9.17, 15) is 4.79 Å². The lowest BCUT2D eigenvalue weighted by Crippen LogP contribution is -2.29. The summed E-state index contributed by atoms with van der Waals surface area (Å²) >= 11 is 0.